The van der Waals surface area contributed by atoms with Crippen LogP contribution in [0.5, 0.6) is 5.75 Å². The van der Waals surface area contributed by atoms with Gasteiger partial charge in [-0.1, -0.05) is 0 Å². The third-order valence-electron chi connectivity index (χ3n) is 3.66. The van der Waals surface area contributed by atoms with E-state index in [1.165, 1.54) is 0 Å². The Balaban J connectivity index is 2.30. The molecule has 5 heteroatoms. The van der Waals surface area contributed by atoms with E-state index in [4.69, 9.17) is 14.2 Å². The minimum atomic E-state index is -0.0562. The van der Waals surface area contributed by atoms with E-state index in [9.17, 15) is 4.79 Å². The van der Waals surface area contributed by atoms with Gasteiger partial charge in [-0.05, 0) is 30.7 Å². The first-order valence-electron chi connectivity index (χ1n) is 6.68. The highest BCUT2D eigenvalue weighted by Crippen LogP contribution is 2.33. The Labute approximate surface area is 122 Å². The molecule has 5 nitrogen and oxygen atoms in total. The topological polar surface area (TPSA) is 49.2 Å². The maximum atomic E-state index is 12.4. The van der Waals surface area contributed by atoms with Crippen LogP contribution >= 0.6 is 0 Å². The van der Waals surface area contributed by atoms with Crippen molar-refractivity contribution >= 4 is 16.3 Å². The molecule has 0 fully saturated rings. The molecule has 0 saturated carbocycles. The average Bonchev–Trinajstić information content (AvgIpc) is 2.85. The molecule has 0 saturated heterocycles. The van der Waals surface area contributed by atoms with Crippen LogP contribution in [0.3, 0.4) is 0 Å². The van der Waals surface area contributed by atoms with Crippen LogP contribution in [0.1, 0.15) is 11.3 Å². The van der Waals surface area contributed by atoms with Crippen LogP contribution in [0.15, 0.2) is 29.1 Å². The van der Waals surface area contributed by atoms with E-state index in [-0.39, 0.29) is 12.4 Å². The number of hydrogen-bond donors (Lipinski definition) is 0. The Hall–Kier alpha value is -2.11. The molecule has 0 unspecified atom stereocenters. The monoisotopic (exact) mass is 287 g/mol. The van der Waals surface area contributed by atoms with Crippen molar-refractivity contribution in [2.45, 2.75) is 13.5 Å². The van der Waals surface area contributed by atoms with Crippen LogP contribution in [0.2, 0.25) is 0 Å². The fourth-order valence-electron chi connectivity index (χ4n) is 2.76. The molecule has 0 spiro atoms. The molecule has 2 heterocycles. The van der Waals surface area contributed by atoms with E-state index in [0.717, 1.165) is 33.3 Å². The molecule has 0 atom stereocenters. The molecule has 0 N–H and O–H groups in total. The van der Waals surface area contributed by atoms with Crippen LogP contribution in [-0.2, 0) is 16.1 Å². The molecular weight excluding hydrogens is 270 g/mol. The lowest BCUT2D eigenvalue weighted by Gasteiger charge is -2.08. The third kappa shape index (κ3) is 2.14. The zero-order chi connectivity index (χ0) is 15.0. The van der Waals surface area contributed by atoms with Gasteiger partial charge in [0.2, 0.25) is 0 Å². The van der Waals surface area contributed by atoms with Gasteiger partial charge < -0.3 is 14.2 Å². The number of aryl methyl sites for hydroxylation is 1. The van der Waals surface area contributed by atoms with Gasteiger partial charge in [0.05, 0.1) is 24.9 Å². The summed E-state index contributed by atoms with van der Waals surface area (Å²) < 4.78 is 17.4. The molecule has 0 aliphatic rings. The van der Waals surface area contributed by atoms with Gasteiger partial charge >= 0.3 is 0 Å². The van der Waals surface area contributed by atoms with Gasteiger partial charge in [-0.2, -0.15) is 0 Å². The predicted molar refractivity (Wildman–Crippen MR) is 80.3 cm³/mol. The molecule has 1 aromatic carbocycles. The minimum absolute atomic E-state index is 0.0562. The predicted octanol–water partition coefficient (Wildman–Crippen LogP) is 2.33. The van der Waals surface area contributed by atoms with Gasteiger partial charge in [0.15, 0.2) is 0 Å². The first-order valence-corrected chi connectivity index (χ1v) is 6.68. The summed E-state index contributed by atoms with van der Waals surface area (Å²) in [6.45, 7) is 2.44. The van der Waals surface area contributed by atoms with Crippen LogP contribution < -0.4 is 10.3 Å². The number of pyridine rings is 1. The van der Waals surface area contributed by atoms with Crippen molar-refractivity contribution < 1.29 is 14.2 Å². The second-order valence-electron chi connectivity index (χ2n) is 4.97. The molecule has 2 aromatic heterocycles. The van der Waals surface area contributed by atoms with Crippen LogP contribution in [-0.4, -0.2) is 25.4 Å². The van der Waals surface area contributed by atoms with Gasteiger partial charge in [-0.25, -0.2) is 0 Å². The quantitative estimate of drug-likeness (QED) is 0.534. The molecule has 0 radical (unpaired) electrons. The summed E-state index contributed by atoms with van der Waals surface area (Å²) in [7, 11) is 3.19. The Kier molecular flexibility index (Phi) is 3.53. The van der Waals surface area contributed by atoms with Gasteiger partial charge in [-0.15, -0.1) is 0 Å². The van der Waals surface area contributed by atoms with Crippen molar-refractivity contribution in [3.63, 3.8) is 0 Å². The van der Waals surface area contributed by atoms with Crippen molar-refractivity contribution in [2.24, 2.45) is 0 Å². The van der Waals surface area contributed by atoms with Gasteiger partial charge in [0.1, 0.15) is 12.5 Å². The second-order valence-corrected chi connectivity index (χ2v) is 4.97. The lowest BCUT2D eigenvalue weighted by molar-refractivity contribution is -0.0402. The Morgan fingerprint density at radius 3 is 2.67 bits per heavy atom. The van der Waals surface area contributed by atoms with E-state index in [1.807, 2.05) is 25.1 Å². The van der Waals surface area contributed by atoms with E-state index in [0.29, 0.717) is 6.61 Å². The molecule has 3 aromatic rings. The SMILES string of the molecule is COCOCc1cc2c(OC)ccc3c(C)cc(=O)n1c32. The number of aromatic nitrogens is 1. The number of rotatable bonds is 5. The first kappa shape index (κ1) is 13.9. The highest BCUT2D eigenvalue weighted by Gasteiger charge is 2.16. The maximum Gasteiger partial charge on any atom is 0.255 e. The molecule has 0 bridgehead atoms. The van der Waals surface area contributed by atoms with Gasteiger partial charge in [0.25, 0.3) is 5.56 Å². The molecule has 110 valence electrons. The molecule has 0 aliphatic carbocycles. The summed E-state index contributed by atoms with van der Waals surface area (Å²) in [5.74, 6) is 0.753. The average molecular weight is 287 g/mol. The zero-order valence-corrected chi connectivity index (χ0v) is 12.3. The zero-order valence-electron chi connectivity index (χ0n) is 12.3. The van der Waals surface area contributed by atoms with Crippen molar-refractivity contribution in [3.8, 4) is 5.75 Å². The van der Waals surface area contributed by atoms with E-state index in [1.54, 1.807) is 24.7 Å². The summed E-state index contributed by atoms with van der Waals surface area (Å²) in [6, 6.07) is 7.50. The number of nitrogens with zero attached hydrogens (tertiary/aromatic N) is 1. The number of hydrogen-bond acceptors (Lipinski definition) is 4. The smallest absolute Gasteiger partial charge is 0.255 e. The molecule has 0 aliphatic heterocycles. The normalized spacial score (nSPS) is 11.6. The number of benzene rings is 1. The highest BCUT2D eigenvalue weighted by molar-refractivity contribution is 6.01. The standard InChI is InChI=1S/C16H17NO4/c1-10-6-15(18)17-11(8-21-9-19-2)7-13-14(20-3)5-4-12(10)16(13)17/h4-7H,8-9H2,1-3H3. The van der Waals surface area contributed by atoms with Gasteiger partial charge in [0, 0.05) is 23.9 Å². The fraction of sp³-hybridized carbons (Fsp3) is 0.312. The number of methoxy groups -OCH3 is 2. The van der Waals surface area contributed by atoms with Gasteiger partial charge in [-0.3, -0.25) is 9.20 Å². The van der Waals surface area contributed by atoms with Crippen molar-refractivity contribution in [1.82, 2.24) is 4.40 Å². The van der Waals surface area contributed by atoms with Crippen LogP contribution in [0.25, 0.3) is 16.3 Å². The lowest BCUT2D eigenvalue weighted by Crippen LogP contribution is -2.15. The first-order chi connectivity index (χ1) is 10.2. The molecule has 21 heavy (non-hydrogen) atoms. The van der Waals surface area contributed by atoms with E-state index >= 15 is 0 Å². The molecular formula is C16H17NO4. The molecule has 0 amide bonds. The van der Waals surface area contributed by atoms with Crippen LogP contribution in [0.4, 0.5) is 0 Å². The highest BCUT2D eigenvalue weighted by atomic mass is 16.7. The Morgan fingerprint density at radius 2 is 1.95 bits per heavy atom. The Morgan fingerprint density at radius 1 is 1.14 bits per heavy atom. The minimum Gasteiger partial charge on any atom is -0.496 e. The van der Waals surface area contributed by atoms with Crippen molar-refractivity contribution in [3.05, 3.63) is 45.9 Å². The summed E-state index contributed by atoms with van der Waals surface area (Å²) in [4.78, 5) is 12.4. The fourth-order valence-corrected chi connectivity index (χ4v) is 2.76. The maximum absolute atomic E-state index is 12.4. The summed E-state index contributed by atoms with van der Waals surface area (Å²) in [5.41, 5.74) is 2.58. The van der Waals surface area contributed by atoms with E-state index in [2.05, 4.69) is 0 Å². The van der Waals surface area contributed by atoms with Crippen molar-refractivity contribution in [2.75, 3.05) is 21.0 Å². The van der Waals surface area contributed by atoms with Crippen molar-refractivity contribution in [1.29, 1.82) is 0 Å². The summed E-state index contributed by atoms with van der Waals surface area (Å²) >= 11 is 0. The second kappa shape index (κ2) is 5.35. The largest absolute Gasteiger partial charge is 0.496 e. The summed E-state index contributed by atoms with van der Waals surface area (Å²) in [5, 5.41) is 1.97. The summed E-state index contributed by atoms with van der Waals surface area (Å²) in [6.07, 6.45) is 0. The van der Waals surface area contributed by atoms with E-state index < -0.39 is 0 Å². The molecule has 3 rings (SSSR count). The number of ether oxygens (including phenoxy) is 3. The van der Waals surface area contributed by atoms with Crippen LogP contribution in [0, 0.1) is 6.92 Å². The lowest BCUT2D eigenvalue weighted by atomic mass is 10.1. The Bertz CT molecular complexity index is 837. The third-order valence-corrected chi connectivity index (χ3v) is 3.66.